The van der Waals surface area contributed by atoms with Crippen LogP contribution < -0.4 is 5.32 Å². The number of pyridine rings is 1. The monoisotopic (exact) mass is 288 g/mol. The Balaban J connectivity index is 1.83. The fraction of sp³-hybridized carbons (Fsp3) is 0.500. The van der Waals surface area contributed by atoms with E-state index in [2.05, 4.69) is 10.3 Å². The molecule has 2 N–H and O–H groups in total. The Morgan fingerprint density at radius 3 is 2.86 bits per heavy atom. The largest absolute Gasteiger partial charge is 0.389 e. The first-order valence-corrected chi connectivity index (χ1v) is 7.36. The van der Waals surface area contributed by atoms with Crippen LogP contribution in [0.3, 0.4) is 0 Å². The Hall–Kier alpha value is -1.72. The highest BCUT2D eigenvalue weighted by Crippen LogP contribution is 2.32. The van der Waals surface area contributed by atoms with Gasteiger partial charge in [-0.25, -0.2) is 4.98 Å². The van der Waals surface area contributed by atoms with Crippen molar-refractivity contribution < 1.29 is 14.6 Å². The molecule has 2 aliphatic rings. The molecule has 1 fully saturated rings. The highest BCUT2D eigenvalue weighted by Gasteiger charge is 2.30. The van der Waals surface area contributed by atoms with Gasteiger partial charge in [0.1, 0.15) is 5.82 Å². The molecule has 1 amide bonds. The molecule has 1 aromatic heterocycles. The van der Waals surface area contributed by atoms with Gasteiger partial charge in [0.15, 0.2) is 0 Å². The van der Waals surface area contributed by atoms with Crippen molar-refractivity contribution >= 4 is 17.3 Å². The van der Waals surface area contributed by atoms with Crippen molar-refractivity contribution in [3.05, 3.63) is 29.5 Å². The number of ether oxygens (including phenoxy) is 1. The van der Waals surface area contributed by atoms with Crippen molar-refractivity contribution in [2.24, 2.45) is 5.92 Å². The van der Waals surface area contributed by atoms with Crippen molar-refractivity contribution in [1.29, 1.82) is 0 Å². The van der Waals surface area contributed by atoms with Gasteiger partial charge in [-0.05, 0) is 43.4 Å². The summed E-state index contributed by atoms with van der Waals surface area (Å²) < 4.78 is 5.21. The first-order chi connectivity index (χ1) is 10.2. The third-order valence-electron chi connectivity index (χ3n) is 3.90. The molecule has 0 aliphatic heterocycles. The lowest BCUT2D eigenvalue weighted by Gasteiger charge is -2.12. The molecule has 1 unspecified atom stereocenters. The number of hydrogen-bond donors (Lipinski definition) is 2. The summed E-state index contributed by atoms with van der Waals surface area (Å²) in [4.78, 5) is 16.3. The average molecular weight is 288 g/mol. The summed E-state index contributed by atoms with van der Waals surface area (Å²) in [6.07, 6.45) is 5.04. The quantitative estimate of drug-likeness (QED) is 0.870. The second-order valence-electron chi connectivity index (χ2n) is 5.69. The van der Waals surface area contributed by atoms with Crippen LogP contribution in [0, 0.1) is 5.92 Å². The van der Waals surface area contributed by atoms with E-state index in [4.69, 9.17) is 4.74 Å². The lowest BCUT2D eigenvalue weighted by molar-refractivity contribution is -0.117. The number of allylic oxidation sites excluding steroid dienone is 1. The molecule has 0 radical (unpaired) electrons. The van der Waals surface area contributed by atoms with E-state index < -0.39 is 0 Å². The normalized spacial score (nSPS) is 21.2. The molecule has 21 heavy (non-hydrogen) atoms. The predicted molar refractivity (Wildman–Crippen MR) is 79.5 cm³/mol. The van der Waals surface area contributed by atoms with Gasteiger partial charge < -0.3 is 15.2 Å². The van der Waals surface area contributed by atoms with Crippen LogP contribution in [-0.4, -0.2) is 29.2 Å². The van der Waals surface area contributed by atoms with E-state index >= 15 is 0 Å². The second kappa shape index (κ2) is 5.95. The lowest BCUT2D eigenvalue weighted by Crippen LogP contribution is -2.15. The Morgan fingerprint density at radius 1 is 1.43 bits per heavy atom. The highest BCUT2D eigenvalue weighted by molar-refractivity contribution is 5.93. The number of hydrogen-bond acceptors (Lipinski definition) is 4. The number of aliphatic hydroxyl groups excluding tert-OH is 1. The number of aromatic nitrogens is 1. The number of aliphatic hydroxyl groups is 1. The number of amides is 1. The van der Waals surface area contributed by atoms with Crippen LogP contribution in [-0.2, 0) is 16.1 Å². The molecule has 5 heteroatoms. The van der Waals surface area contributed by atoms with Crippen LogP contribution in [0.15, 0.2) is 18.2 Å². The van der Waals surface area contributed by atoms with Gasteiger partial charge in [-0.1, -0.05) is 6.08 Å². The number of nitrogens with one attached hydrogen (secondary N) is 1. The summed E-state index contributed by atoms with van der Waals surface area (Å²) >= 11 is 0. The SMILES string of the molecule is COCc1nc(NC(=O)C2CC2)ccc1C1=CC(O)CC1. The lowest BCUT2D eigenvalue weighted by atomic mass is 10.0. The smallest absolute Gasteiger partial charge is 0.228 e. The number of rotatable bonds is 5. The predicted octanol–water partition coefficient (Wildman–Crippen LogP) is 2.11. The first kappa shape index (κ1) is 14.2. The molecule has 0 bridgehead atoms. The fourth-order valence-corrected chi connectivity index (χ4v) is 2.61. The fourth-order valence-electron chi connectivity index (χ4n) is 2.61. The van der Waals surface area contributed by atoms with E-state index in [-0.39, 0.29) is 17.9 Å². The number of carbonyl (C=O) groups is 1. The van der Waals surface area contributed by atoms with E-state index in [1.165, 1.54) is 0 Å². The molecule has 1 heterocycles. The zero-order chi connectivity index (χ0) is 14.8. The van der Waals surface area contributed by atoms with Gasteiger partial charge in [0.25, 0.3) is 0 Å². The molecule has 2 aliphatic carbocycles. The molecule has 3 rings (SSSR count). The van der Waals surface area contributed by atoms with E-state index in [1.54, 1.807) is 7.11 Å². The molecular weight excluding hydrogens is 268 g/mol. The van der Waals surface area contributed by atoms with Gasteiger partial charge in [0.2, 0.25) is 5.91 Å². The van der Waals surface area contributed by atoms with Crippen LogP contribution >= 0.6 is 0 Å². The third kappa shape index (κ3) is 3.31. The average Bonchev–Trinajstić information content (AvgIpc) is 3.22. The molecule has 112 valence electrons. The van der Waals surface area contributed by atoms with Gasteiger partial charge in [0, 0.05) is 18.6 Å². The van der Waals surface area contributed by atoms with Gasteiger partial charge >= 0.3 is 0 Å². The topological polar surface area (TPSA) is 71.5 Å². The van der Waals surface area contributed by atoms with Crippen molar-refractivity contribution in [2.45, 2.75) is 38.4 Å². The summed E-state index contributed by atoms with van der Waals surface area (Å²) in [7, 11) is 1.62. The summed E-state index contributed by atoms with van der Waals surface area (Å²) in [6.45, 7) is 0.385. The Morgan fingerprint density at radius 2 is 2.24 bits per heavy atom. The minimum Gasteiger partial charge on any atom is -0.389 e. The van der Waals surface area contributed by atoms with Crippen LogP contribution in [0.25, 0.3) is 5.57 Å². The third-order valence-corrected chi connectivity index (χ3v) is 3.90. The summed E-state index contributed by atoms with van der Waals surface area (Å²) in [5.74, 6) is 0.779. The summed E-state index contributed by atoms with van der Waals surface area (Å²) in [5, 5.41) is 12.5. The molecule has 0 spiro atoms. The molecule has 1 atom stereocenters. The van der Waals surface area contributed by atoms with Crippen molar-refractivity contribution in [2.75, 3.05) is 12.4 Å². The molecule has 0 aromatic carbocycles. The van der Waals surface area contributed by atoms with Gasteiger partial charge in [-0.15, -0.1) is 0 Å². The van der Waals surface area contributed by atoms with E-state index in [9.17, 15) is 9.90 Å². The molecule has 0 saturated heterocycles. The number of carbonyl (C=O) groups excluding carboxylic acids is 1. The zero-order valence-corrected chi connectivity index (χ0v) is 12.1. The number of methoxy groups -OCH3 is 1. The number of nitrogens with zero attached hydrogens (tertiary/aromatic N) is 1. The van der Waals surface area contributed by atoms with Crippen molar-refractivity contribution in [1.82, 2.24) is 4.98 Å². The van der Waals surface area contributed by atoms with Crippen molar-refractivity contribution in [3.8, 4) is 0 Å². The van der Waals surface area contributed by atoms with E-state index in [0.29, 0.717) is 12.4 Å². The van der Waals surface area contributed by atoms with Gasteiger partial charge in [-0.3, -0.25) is 4.79 Å². The summed E-state index contributed by atoms with van der Waals surface area (Å²) in [5.41, 5.74) is 2.89. The Kier molecular flexibility index (Phi) is 4.03. The number of anilines is 1. The summed E-state index contributed by atoms with van der Waals surface area (Å²) in [6, 6.07) is 3.77. The zero-order valence-electron chi connectivity index (χ0n) is 12.1. The van der Waals surface area contributed by atoms with E-state index in [0.717, 1.165) is 42.5 Å². The van der Waals surface area contributed by atoms with Crippen LogP contribution in [0.2, 0.25) is 0 Å². The Bertz CT molecular complexity index is 579. The maximum absolute atomic E-state index is 11.8. The van der Waals surface area contributed by atoms with Crippen LogP contribution in [0.4, 0.5) is 5.82 Å². The first-order valence-electron chi connectivity index (χ1n) is 7.36. The Labute approximate surface area is 124 Å². The maximum atomic E-state index is 11.8. The molecule has 1 saturated carbocycles. The molecular formula is C16H20N2O3. The van der Waals surface area contributed by atoms with Crippen LogP contribution in [0.5, 0.6) is 0 Å². The maximum Gasteiger partial charge on any atom is 0.228 e. The van der Waals surface area contributed by atoms with Crippen LogP contribution in [0.1, 0.15) is 36.9 Å². The van der Waals surface area contributed by atoms with Gasteiger partial charge in [-0.2, -0.15) is 0 Å². The minimum atomic E-state index is -0.371. The standard InChI is InChI=1S/C16H20N2O3/c1-21-9-14-13(11-4-5-12(19)8-11)6-7-15(17-14)18-16(20)10-2-3-10/h6-8,10,12,19H,2-5,9H2,1H3,(H,17,18,20). The molecule has 1 aromatic rings. The second-order valence-corrected chi connectivity index (χ2v) is 5.69. The van der Waals surface area contributed by atoms with Crippen molar-refractivity contribution in [3.63, 3.8) is 0 Å². The van der Waals surface area contributed by atoms with E-state index in [1.807, 2.05) is 18.2 Å². The van der Waals surface area contributed by atoms with Gasteiger partial charge in [0.05, 0.1) is 18.4 Å². The minimum absolute atomic E-state index is 0.0501. The molecule has 5 nitrogen and oxygen atoms in total. The highest BCUT2D eigenvalue weighted by atomic mass is 16.5.